The number of methoxy groups -OCH3 is 1. The van der Waals surface area contributed by atoms with E-state index in [2.05, 4.69) is 10.2 Å². The first-order chi connectivity index (χ1) is 13.6. The Morgan fingerprint density at radius 1 is 1.29 bits per heavy atom. The molecule has 152 valence electrons. The maximum Gasteiger partial charge on any atom is 0.192 e. The van der Waals surface area contributed by atoms with E-state index in [-0.39, 0.29) is 29.4 Å². The highest BCUT2D eigenvalue weighted by atomic mass is 32.2. The molecule has 3 rings (SSSR count). The molecule has 2 atom stereocenters. The molecular weight excluding hydrogens is 381 g/mol. The van der Waals surface area contributed by atoms with Crippen LogP contribution in [0.2, 0.25) is 0 Å². The number of thioether (sulfide) groups is 1. The summed E-state index contributed by atoms with van der Waals surface area (Å²) < 4.78 is 26.7. The first kappa shape index (κ1) is 20.8. The van der Waals surface area contributed by atoms with Crippen molar-refractivity contribution in [1.82, 2.24) is 14.8 Å². The van der Waals surface area contributed by atoms with Crippen LogP contribution >= 0.6 is 11.8 Å². The molecule has 0 radical (unpaired) electrons. The van der Waals surface area contributed by atoms with Gasteiger partial charge in [-0.15, -0.1) is 10.2 Å². The summed E-state index contributed by atoms with van der Waals surface area (Å²) in [5, 5.41) is 9.14. The molecule has 0 unspecified atom stereocenters. The molecule has 1 saturated carbocycles. The van der Waals surface area contributed by atoms with Crippen molar-refractivity contribution in [1.29, 1.82) is 0 Å². The Morgan fingerprint density at radius 2 is 2.11 bits per heavy atom. The summed E-state index contributed by atoms with van der Waals surface area (Å²) in [4.78, 5) is 12.4. The second-order valence-electron chi connectivity index (χ2n) is 6.96. The van der Waals surface area contributed by atoms with E-state index in [0.29, 0.717) is 24.0 Å². The molecule has 0 bridgehead atoms. The Balaban J connectivity index is 1.80. The number of para-hydroxylation sites is 1. The topological polar surface area (TPSA) is 66.2 Å². The molecule has 0 amide bonds. The Morgan fingerprint density at radius 3 is 2.89 bits per heavy atom. The van der Waals surface area contributed by atoms with Crippen LogP contribution in [0.4, 0.5) is 4.39 Å². The first-order valence-electron chi connectivity index (χ1n) is 9.59. The largest absolute Gasteiger partial charge is 0.483 e. The van der Waals surface area contributed by atoms with Crippen LogP contribution in [0.25, 0.3) is 0 Å². The van der Waals surface area contributed by atoms with Crippen molar-refractivity contribution in [2.45, 2.75) is 62.1 Å². The van der Waals surface area contributed by atoms with E-state index in [1.807, 2.05) is 11.5 Å². The molecular formula is C20H26FN3O3S. The summed E-state index contributed by atoms with van der Waals surface area (Å²) in [6, 6.07) is 6.23. The van der Waals surface area contributed by atoms with E-state index < -0.39 is 5.82 Å². The van der Waals surface area contributed by atoms with Gasteiger partial charge in [0.05, 0.1) is 17.9 Å². The molecule has 8 heteroatoms. The smallest absolute Gasteiger partial charge is 0.192 e. The van der Waals surface area contributed by atoms with Crippen molar-refractivity contribution in [3.63, 3.8) is 0 Å². The van der Waals surface area contributed by atoms with E-state index in [1.54, 1.807) is 25.3 Å². The molecule has 2 aromatic rings. The van der Waals surface area contributed by atoms with Gasteiger partial charge in [-0.3, -0.25) is 9.36 Å². The molecule has 1 aliphatic carbocycles. The van der Waals surface area contributed by atoms with Crippen LogP contribution in [0.5, 0.6) is 5.75 Å². The van der Waals surface area contributed by atoms with Gasteiger partial charge in [-0.2, -0.15) is 0 Å². The molecule has 0 spiro atoms. The highest BCUT2D eigenvalue weighted by molar-refractivity contribution is 8.00. The molecule has 1 aromatic carbocycles. The number of rotatable bonds is 8. The van der Waals surface area contributed by atoms with Crippen molar-refractivity contribution in [3.8, 4) is 5.75 Å². The monoisotopic (exact) mass is 407 g/mol. The van der Waals surface area contributed by atoms with Crippen molar-refractivity contribution in [2.75, 3.05) is 13.7 Å². The Hall–Kier alpha value is -1.93. The Kier molecular flexibility index (Phi) is 7.44. The lowest BCUT2D eigenvalue weighted by molar-refractivity contribution is -0.118. The molecule has 1 aliphatic rings. The molecule has 1 fully saturated rings. The van der Waals surface area contributed by atoms with Gasteiger partial charge in [-0.25, -0.2) is 4.39 Å². The number of nitrogens with zero attached hydrogens (tertiary/aromatic N) is 3. The third-order valence-corrected chi connectivity index (χ3v) is 6.05. The van der Waals surface area contributed by atoms with Crippen molar-refractivity contribution in [3.05, 3.63) is 35.9 Å². The highest BCUT2D eigenvalue weighted by Gasteiger charge is 2.26. The average molecular weight is 408 g/mol. The zero-order valence-corrected chi connectivity index (χ0v) is 17.1. The predicted octanol–water partition coefficient (Wildman–Crippen LogP) is 4.20. The van der Waals surface area contributed by atoms with Crippen LogP contribution in [-0.2, 0) is 16.1 Å². The molecule has 6 nitrogen and oxygen atoms in total. The van der Waals surface area contributed by atoms with Gasteiger partial charge >= 0.3 is 0 Å². The maximum atomic E-state index is 13.8. The Labute approximate surface area is 168 Å². The van der Waals surface area contributed by atoms with E-state index in [9.17, 15) is 9.18 Å². The lowest BCUT2D eigenvalue weighted by atomic mass is 10.2. The van der Waals surface area contributed by atoms with E-state index in [1.165, 1.54) is 17.8 Å². The fourth-order valence-electron chi connectivity index (χ4n) is 3.33. The number of benzene rings is 1. The van der Waals surface area contributed by atoms with Crippen LogP contribution in [0, 0.1) is 5.82 Å². The van der Waals surface area contributed by atoms with Gasteiger partial charge in [-0.05, 0) is 31.9 Å². The zero-order chi connectivity index (χ0) is 19.9. The number of Topliss-reactive ketones (excluding diaryl/α,β-unsaturated/α-hetero) is 1. The van der Waals surface area contributed by atoms with E-state index in [0.717, 1.165) is 25.7 Å². The zero-order valence-electron chi connectivity index (χ0n) is 16.3. The van der Waals surface area contributed by atoms with Crippen LogP contribution < -0.4 is 4.74 Å². The third kappa shape index (κ3) is 5.11. The molecule has 1 heterocycles. The normalized spacial score (nSPS) is 18.7. The second-order valence-corrected chi connectivity index (χ2v) is 8.13. The fraction of sp³-hybridized carbons (Fsp3) is 0.550. The average Bonchev–Trinajstić information content (AvgIpc) is 2.97. The van der Waals surface area contributed by atoms with Crippen LogP contribution in [0.1, 0.15) is 50.9 Å². The summed E-state index contributed by atoms with van der Waals surface area (Å²) >= 11 is 1.47. The molecule has 1 aromatic heterocycles. The number of halogens is 1. The van der Waals surface area contributed by atoms with E-state index >= 15 is 0 Å². The van der Waals surface area contributed by atoms with Gasteiger partial charge in [-0.1, -0.05) is 36.7 Å². The first-order valence-corrected chi connectivity index (χ1v) is 10.5. The van der Waals surface area contributed by atoms with E-state index in [4.69, 9.17) is 9.47 Å². The molecule has 0 aliphatic heterocycles. The minimum atomic E-state index is -0.419. The lowest BCUT2D eigenvalue weighted by Crippen LogP contribution is -2.20. The van der Waals surface area contributed by atoms with Crippen molar-refractivity contribution < 1.29 is 18.7 Å². The summed E-state index contributed by atoms with van der Waals surface area (Å²) in [5.74, 6) is 0.610. The maximum absolute atomic E-state index is 13.8. The summed E-state index contributed by atoms with van der Waals surface area (Å²) in [5.41, 5.74) is 0. The van der Waals surface area contributed by atoms with Gasteiger partial charge < -0.3 is 9.47 Å². The summed E-state index contributed by atoms with van der Waals surface area (Å²) in [7, 11) is 1.64. The van der Waals surface area contributed by atoms with Gasteiger partial charge in [0.2, 0.25) is 0 Å². The standard InChI is InChI=1S/C20H26FN3O3S/c1-14(12-26-2)24-19(13-27-17-10-7-6-8-15(17)21)22-23-20(24)28-18-11-5-3-4-9-16(18)25/h6-8,10,14,18H,3-5,9,11-13H2,1-2H3/t14-,18+/m1/s1. The number of ketones is 1. The molecule has 0 saturated heterocycles. The highest BCUT2D eigenvalue weighted by Crippen LogP contribution is 2.32. The number of ether oxygens (including phenoxy) is 2. The van der Waals surface area contributed by atoms with Gasteiger partial charge in [0.25, 0.3) is 0 Å². The summed E-state index contributed by atoms with van der Waals surface area (Å²) in [6.07, 6.45) is 4.59. The number of carbonyl (C=O) groups excluding carboxylic acids is 1. The summed E-state index contributed by atoms with van der Waals surface area (Å²) in [6.45, 7) is 2.55. The Bertz CT molecular complexity index is 799. The number of hydrogen-bond donors (Lipinski definition) is 0. The molecule has 0 N–H and O–H groups in total. The minimum Gasteiger partial charge on any atom is -0.483 e. The SMILES string of the molecule is COC[C@@H](C)n1c(COc2ccccc2F)nnc1S[C@H]1CCCCCC1=O. The van der Waals surface area contributed by atoms with Gasteiger partial charge in [0.1, 0.15) is 12.4 Å². The van der Waals surface area contributed by atoms with Crippen LogP contribution in [0.15, 0.2) is 29.4 Å². The number of hydrogen-bond acceptors (Lipinski definition) is 6. The van der Waals surface area contributed by atoms with Gasteiger partial charge in [0, 0.05) is 13.5 Å². The third-order valence-electron chi connectivity index (χ3n) is 4.77. The lowest BCUT2D eigenvalue weighted by Gasteiger charge is -2.19. The minimum absolute atomic E-state index is 0.0393. The number of carbonyl (C=O) groups is 1. The molecule has 28 heavy (non-hydrogen) atoms. The van der Waals surface area contributed by atoms with Crippen molar-refractivity contribution >= 4 is 17.5 Å². The van der Waals surface area contributed by atoms with Crippen LogP contribution in [-0.4, -0.2) is 39.5 Å². The fourth-order valence-corrected chi connectivity index (χ4v) is 4.60. The van der Waals surface area contributed by atoms with Crippen LogP contribution in [0.3, 0.4) is 0 Å². The predicted molar refractivity (Wildman–Crippen MR) is 105 cm³/mol. The van der Waals surface area contributed by atoms with Gasteiger partial charge in [0.15, 0.2) is 22.5 Å². The van der Waals surface area contributed by atoms with Crippen molar-refractivity contribution in [2.24, 2.45) is 0 Å². The second kappa shape index (κ2) is 10.0. The number of aromatic nitrogens is 3. The quantitative estimate of drug-likeness (QED) is 0.611.